The molecule has 7 heteroatoms. The molecule has 184 valence electrons. The number of amides is 2. The molecule has 1 unspecified atom stereocenters. The van der Waals surface area contributed by atoms with Crippen molar-refractivity contribution in [1.82, 2.24) is 9.80 Å². The van der Waals surface area contributed by atoms with E-state index >= 15 is 0 Å². The number of carbonyl (C=O) groups is 2. The quantitative estimate of drug-likeness (QED) is 0.631. The fourth-order valence-corrected chi connectivity index (χ4v) is 5.48. The fraction of sp³-hybridized carbons (Fsp3) is 0.429. The molecule has 1 saturated heterocycles. The number of hydrogen-bond acceptors (Lipinski definition) is 4. The third-order valence-corrected chi connectivity index (χ3v) is 7.39. The van der Waals surface area contributed by atoms with E-state index in [-0.39, 0.29) is 23.5 Å². The summed E-state index contributed by atoms with van der Waals surface area (Å²) in [5.74, 6) is 0.244. The van der Waals surface area contributed by atoms with Crippen LogP contribution in [-0.4, -0.2) is 54.3 Å². The number of piperidine rings is 1. The molecule has 3 heterocycles. The lowest BCUT2D eigenvalue weighted by Crippen LogP contribution is -2.45. The smallest absolute Gasteiger partial charge is 0.260 e. The van der Waals surface area contributed by atoms with Crippen molar-refractivity contribution >= 4 is 28.8 Å². The Bertz CT molecular complexity index is 1190. The molecule has 2 aromatic carbocycles. The van der Waals surface area contributed by atoms with Crippen molar-refractivity contribution in [2.75, 3.05) is 38.0 Å². The van der Waals surface area contributed by atoms with Crippen molar-refractivity contribution in [3.63, 3.8) is 0 Å². The van der Waals surface area contributed by atoms with Gasteiger partial charge in [-0.15, -0.1) is 0 Å². The number of benzene rings is 2. The zero-order chi connectivity index (χ0) is 24.5. The zero-order valence-corrected chi connectivity index (χ0v) is 20.4. The predicted molar refractivity (Wildman–Crippen MR) is 134 cm³/mol. The molecule has 0 aromatic heterocycles. The molecule has 0 spiro atoms. The highest BCUT2D eigenvalue weighted by Crippen LogP contribution is 2.42. The van der Waals surface area contributed by atoms with Gasteiger partial charge >= 0.3 is 0 Å². The average Bonchev–Trinajstić information content (AvgIpc) is 3.42. The van der Waals surface area contributed by atoms with Crippen LogP contribution < -0.4 is 5.32 Å². The highest BCUT2D eigenvalue weighted by atomic mass is 19.1. The zero-order valence-electron chi connectivity index (χ0n) is 20.4. The molecule has 3 aliphatic heterocycles. The maximum Gasteiger partial charge on any atom is 0.260 e. The number of rotatable bonds is 6. The second-order valence-electron chi connectivity index (χ2n) is 9.53. The van der Waals surface area contributed by atoms with Crippen molar-refractivity contribution in [3.8, 4) is 0 Å². The first-order valence-corrected chi connectivity index (χ1v) is 12.6. The first-order chi connectivity index (χ1) is 17.0. The molecule has 0 radical (unpaired) electrons. The lowest BCUT2D eigenvalue weighted by atomic mass is 9.95. The Morgan fingerprint density at radius 1 is 1.17 bits per heavy atom. The largest absolute Gasteiger partial charge is 0.487 e. The van der Waals surface area contributed by atoms with Gasteiger partial charge in [0, 0.05) is 48.6 Å². The summed E-state index contributed by atoms with van der Waals surface area (Å²) in [6.07, 6.45) is 2.91. The number of hydrogen-bond donors (Lipinski definition) is 1. The van der Waals surface area contributed by atoms with Gasteiger partial charge in [0.2, 0.25) is 5.91 Å². The van der Waals surface area contributed by atoms with E-state index in [9.17, 15) is 14.0 Å². The summed E-state index contributed by atoms with van der Waals surface area (Å²) in [7, 11) is 0. The number of nitrogens with one attached hydrogen (secondary N) is 1. The van der Waals surface area contributed by atoms with Crippen molar-refractivity contribution in [2.45, 2.75) is 39.7 Å². The standard InChI is InChI=1S/C28H32FN3O3/c1-3-32(4-2)28(34)19-6-5-12-31(16-19)13-11-18-7-9-22-20(14-18)17-35-26(22)25-23-15-21(29)8-10-24(23)30-27(25)33/h7-10,14-15,19H,3-6,11-13,16-17H2,1-2H3,(H,30,33). The van der Waals surface area contributed by atoms with Gasteiger partial charge in [-0.1, -0.05) is 18.2 Å². The van der Waals surface area contributed by atoms with Gasteiger partial charge in [-0.2, -0.15) is 0 Å². The maximum absolute atomic E-state index is 13.9. The number of likely N-dealkylation sites (tertiary alicyclic amines) is 1. The Morgan fingerprint density at radius 3 is 2.80 bits per heavy atom. The van der Waals surface area contributed by atoms with Gasteiger partial charge < -0.3 is 19.9 Å². The van der Waals surface area contributed by atoms with Crippen LogP contribution in [0.3, 0.4) is 0 Å². The minimum atomic E-state index is -0.384. The summed E-state index contributed by atoms with van der Waals surface area (Å²) < 4.78 is 19.8. The molecule has 35 heavy (non-hydrogen) atoms. The Hall–Kier alpha value is -3.19. The van der Waals surface area contributed by atoms with Gasteiger partial charge in [0.25, 0.3) is 5.91 Å². The van der Waals surface area contributed by atoms with Crippen molar-refractivity contribution in [2.24, 2.45) is 5.92 Å². The molecule has 0 saturated carbocycles. The average molecular weight is 478 g/mol. The molecule has 2 amide bonds. The van der Waals surface area contributed by atoms with E-state index in [1.807, 2.05) is 24.8 Å². The van der Waals surface area contributed by atoms with Gasteiger partial charge in [0.05, 0.1) is 11.5 Å². The Kier molecular flexibility index (Phi) is 6.60. The van der Waals surface area contributed by atoms with Crippen LogP contribution in [0.5, 0.6) is 0 Å². The molecular weight excluding hydrogens is 445 g/mol. The van der Waals surface area contributed by atoms with Crippen molar-refractivity contribution in [1.29, 1.82) is 0 Å². The summed E-state index contributed by atoms with van der Waals surface area (Å²) in [6.45, 7) is 8.76. The Morgan fingerprint density at radius 2 is 2.00 bits per heavy atom. The number of anilines is 1. The first kappa shape index (κ1) is 23.5. The van der Waals surface area contributed by atoms with Gasteiger partial charge in [-0.3, -0.25) is 9.59 Å². The molecule has 1 N–H and O–H groups in total. The third kappa shape index (κ3) is 4.57. The highest BCUT2D eigenvalue weighted by molar-refractivity contribution is 6.36. The summed E-state index contributed by atoms with van der Waals surface area (Å²) in [4.78, 5) is 29.8. The Balaban J connectivity index is 1.28. The van der Waals surface area contributed by atoms with Gasteiger partial charge in [-0.05, 0) is 63.4 Å². The summed E-state index contributed by atoms with van der Waals surface area (Å²) >= 11 is 0. The van der Waals surface area contributed by atoms with Crippen LogP contribution in [0.15, 0.2) is 36.4 Å². The fourth-order valence-electron chi connectivity index (χ4n) is 5.48. The monoisotopic (exact) mass is 477 g/mol. The van der Waals surface area contributed by atoms with E-state index in [0.717, 1.165) is 63.1 Å². The maximum atomic E-state index is 13.9. The van der Waals surface area contributed by atoms with Gasteiger partial charge in [0.1, 0.15) is 18.2 Å². The van der Waals surface area contributed by atoms with Gasteiger partial charge in [0.15, 0.2) is 0 Å². The number of carbonyl (C=O) groups excluding carboxylic acids is 2. The van der Waals surface area contributed by atoms with Crippen LogP contribution in [-0.2, 0) is 27.4 Å². The number of nitrogens with zero attached hydrogens (tertiary/aromatic N) is 2. The minimum Gasteiger partial charge on any atom is -0.487 e. The SMILES string of the molecule is CCN(CC)C(=O)C1CCCN(CCc2ccc3c(c2)COC3=C2C(=O)Nc3ccc(F)cc32)C1. The van der Waals surface area contributed by atoms with Gasteiger partial charge in [-0.25, -0.2) is 4.39 Å². The van der Waals surface area contributed by atoms with Crippen LogP contribution >= 0.6 is 0 Å². The van der Waals surface area contributed by atoms with Crippen LogP contribution in [0.25, 0.3) is 11.3 Å². The molecule has 1 fully saturated rings. The van der Waals surface area contributed by atoms with Crippen LogP contribution in [0.4, 0.5) is 10.1 Å². The summed E-state index contributed by atoms with van der Waals surface area (Å²) in [5.41, 5.74) is 4.67. The van der Waals surface area contributed by atoms with E-state index in [1.54, 1.807) is 6.07 Å². The third-order valence-electron chi connectivity index (χ3n) is 7.39. The van der Waals surface area contributed by atoms with Crippen molar-refractivity contribution in [3.05, 3.63) is 64.5 Å². The van der Waals surface area contributed by atoms with E-state index in [4.69, 9.17) is 4.74 Å². The Labute approximate surface area is 205 Å². The van der Waals surface area contributed by atoms with Crippen LogP contribution in [0.2, 0.25) is 0 Å². The predicted octanol–water partition coefficient (Wildman–Crippen LogP) is 4.30. The molecule has 6 nitrogen and oxygen atoms in total. The number of ether oxygens (including phenoxy) is 1. The highest BCUT2D eigenvalue weighted by Gasteiger charge is 2.33. The van der Waals surface area contributed by atoms with Crippen LogP contribution in [0, 0.1) is 11.7 Å². The number of fused-ring (bicyclic) bond motifs is 2. The van der Waals surface area contributed by atoms with E-state index in [0.29, 0.717) is 29.2 Å². The second-order valence-corrected chi connectivity index (χ2v) is 9.53. The molecule has 3 aliphatic rings. The lowest BCUT2D eigenvalue weighted by molar-refractivity contribution is -0.137. The summed E-state index contributed by atoms with van der Waals surface area (Å²) in [5, 5.41) is 2.80. The molecule has 2 aromatic rings. The minimum absolute atomic E-state index is 0.0940. The molecule has 5 rings (SSSR count). The first-order valence-electron chi connectivity index (χ1n) is 12.6. The van der Waals surface area contributed by atoms with Crippen molar-refractivity contribution < 1.29 is 18.7 Å². The number of halogens is 1. The van der Waals surface area contributed by atoms with E-state index < -0.39 is 0 Å². The molecule has 0 bridgehead atoms. The van der Waals surface area contributed by atoms with Crippen LogP contribution in [0.1, 0.15) is 48.9 Å². The second kappa shape index (κ2) is 9.82. The van der Waals surface area contributed by atoms with E-state index in [2.05, 4.69) is 22.3 Å². The molecule has 1 atom stereocenters. The lowest BCUT2D eigenvalue weighted by Gasteiger charge is -2.34. The topological polar surface area (TPSA) is 61.9 Å². The molecular formula is C28H32FN3O3. The van der Waals surface area contributed by atoms with E-state index in [1.165, 1.54) is 17.7 Å². The molecule has 0 aliphatic carbocycles. The normalized spacial score (nSPS) is 21.3. The summed E-state index contributed by atoms with van der Waals surface area (Å²) in [6, 6.07) is 10.5.